The van der Waals surface area contributed by atoms with Crippen LogP contribution < -0.4 is 15.4 Å². The highest BCUT2D eigenvalue weighted by atomic mass is 32.1. The largest absolute Gasteiger partial charge is 0.496 e. The number of ether oxygens (including phenoxy) is 1. The first-order valence-corrected chi connectivity index (χ1v) is 9.79. The smallest absolute Gasteiger partial charge is 0.191 e. The minimum atomic E-state index is 0.451. The third-order valence-electron chi connectivity index (χ3n) is 4.05. The topological polar surface area (TPSA) is 71.4 Å². The van der Waals surface area contributed by atoms with E-state index in [1.165, 1.54) is 0 Å². The molecule has 0 aliphatic carbocycles. The van der Waals surface area contributed by atoms with Crippen LogP contribution in [0.1, 0.15) is 54.2 Å². The van der Waals surface area contributed by atoms with Gasteiger partial charge in [-0.2, -0.15) is 0 Å². The zero-order valence-corrected chi connectivity index (χ0v) is 17.3. The minimum absolute atomic E-state index is 0.451. The maximum Gasteiger partial charge on any atom is 0.191 e. The average molecular weight is 376 g/mol. The summed E-state index contributed by atoms with van der Waals surface area (Å²) >= 11 is 1.68. The van der Waals surface area contributed by atoms with Crippen LogP contribution in [0.5, 0.6) is 5.75 Å². The van der Waals surface area contributed by atoms with E-state index in [4.69, 9.17) is 4.74 Å². The number of thiazole rings is 1. The molecule has 2 N–H and O–H groups in total. The number of guanidine groups is 1. The van der Waals surface area contributed by atoms with Gasteiger partial charge in [0.05, 0.1) is 31.6 Å². The van der Waals surface area contributed by atoms with E-state index < -0.39 is 0 Å². The molecule has 0 radical (unpaired) electrons. The number of aryl methyl sites for hydroxylation is 1. The molecule has 2 heterocycles. The van der Waals surface area contributed by atoms with Crippen LogP contribution in [0.3, 0.4) is 0 Å². The van der Waals surface area contributed by atoms with Crippen LogP contribution in [0.25, 0.3) is 0 Å². The molecule has 2 rings (SSSR count). The molecule has 7 heteroatoms. The Morgan fingerprint density at radius 1 is 1.31 bits per heavy atom. The predicted octanol–water partition coefficient (Wildman–Crippen LogP) is 3.54. The summed E-state index contributed by atoms with van der Waals surface area (Å²) in [6, 6.07) is 0. The number of nitrogens with zero attached hydrogens (tertiary/aromatic N) is 3. The van der Waals surface area contributed by atoms with Gasteiger partial charge in [0.2, 0.25) is 0 Å². The fraction of sp³-hybridized carbons (Fsp3) is 0.526. The molecule has 2 aromatic rings. The van der Waals surface area contributed by atoms with Gasteiger partial charge < -0.3 is 15.4 Å². The average Bonchev–Trinajstić information content (AvgIpc) is 3.08. The summed E-state index contributed by atoms with van der Waals surface area (Å²) in [5.74, 6) is 2.09. The first-order valence-electron chi connectivity index (χ1n) is 8.91. The van der Waals surface area contributed by atoms with Crippen molar-refractivity contribution in [2.45, 2.75) is 53.6 Å². The highest BCUT2D eigenvalue weighted by Crippen LogP contribution is 2.24. The van der Waals surface area contributed by atoms with Crippen molar-refractivity contribution >= 4 is 17.3 Å². The Morgan fingerprint density at radius 3 is 2.69 bits per heavy atom. The number of aliphatic imine (C=N–C) groups is 1. The van der Waals surface area contributed by atoms with Gasteiger partial charge in [0.1, 0.15) is 10.8 Å². The molecule has 0 saturated heterocycles. The summed E-state index contributed by atoms with van der Waals surface area (Å²) < 4.78 is 5.47. The molecule has 0 aliphatic rings. The number of pyridine rings is 1. The molecule has 0 fully saturated rings. The van der Waals surface area contributed by atoms with Gasteiger partial charge in [0, 0.05) is 29.2 Å². The standard InChI is InChI=1S/C19H29N5OS/c1-7-20-19(23-10-17-24-16(11-26-17)12(2)3)22-9-15-14(5)18(25-6)13(4)8-21-15/h8,11-12H,7,9-10H2,1-6H3,(H2,20,22,23). The van der Waals surface area contributed by atoms with Crippen LogP contribution in [0, 0.1) is 13.8 Å². The zero-order chi connectivity index (χ0) is 19.1. The number of hydrogen-bond acceptors (Lipinski definition) is 5. The second-order valence-corrected chi connectivity index (χ2v) is 7.36. The van der Waals surface area contributed by atoms with Crippen molar-refractivity contribution in [2.24, 2.45) is 4.99 Å². The predicted molar refractivity (Wildman–Crippen MR) is 108 cm³/mol. The second kappa shape index (κ2) is 9.52. The van der Waals surface area contributed by atoms with E-state index in [0.29, 0.717) is 19.0 Å². The first kappa shape index (κ1) is 20.2. The molecule has 0 aromatic carbocycles. The lowest BCUT2D eigenvalue weighted by Gasteiger charge is -2.13. The summed E-state index contributed by atoms with van der Waals surface area (Å²) in [4.78, 5) is 13.8. The summed E-state index contributed by atoms with van der Waals surface area (Å²) in [5.41, 5.74) is 4.13. The van der Waals surface area contributed by atoms with E-state index in [0.717, 1.165) is 45.8 Å². The van der Waals surface area contributed by atoms with Crippen molar-refractivity contribution in [2.75, 3.05) is 13.7 Å². The molecule has 142 valence electrons. The maximum atomic E-state index is 5.47. The van der Waals surface area contributed by atoms with Gasteiger partial charge >= 0.3 is 0 Å². The van der Waals surface area contributed by atoms with E-state index in [1.54, 1.807) is 18.4 Å². The molecule has 0 spiro atoms. The van der Waals surface area contributed by atoms with Crippen molar-refractivity contribution in [1.29, 1.82) is 0 Å². The Morgan fingerprint density at radius 2 is 2.08 bits per heavy atom. The Hall–Kier alpha value is -2.15. The maximum absolute atomic E-state index is 5.47. The van der Waals surface area contributed by atoms with E-state index in [9.17, 15) is 0 Å². The van der Waals surface area contributed by atoms with Crippen LogP contribution in [0.15, 0.2) is 16.6 Å². The van der Waals surface area contributed by atoms with Gasteiger partial charge in [0.15, 0.2) is 5.96 Å². The van der Waals surface area contributed by atoms with Crippen LogP contribution in [0.4, 0.5) is 0 Å². The highest BCUT2D eigenvalue weighted by molar-refractivity contribution is 7.09. The minimum Gasteiger partial charge on any atom is -0.496 e. The van der Waals surface area contributed by atoms with Gasteiger partial charge in [-0.05, 0) is 26.7 Å². The molecule has 6 nitrogen and oxygen atoms in total. The Balaban J connectivity index is 2.06. The lowest BCUT2D eigenvalue weighted by Crippen LogP contribution is -2.36. The zero-order valence-electron chi connectivity index (χ0n) is 16.5. The lowest BCUT2D eigenvalue weighted by molar-refractivity contribution is 0.407. The lowest BCUT2D eigenvalue weighted by atomic mass is 10.1. The first-order chi connectivity index (χ1) is 12.5. The van der Waals surface area contributed by atoms with E-state index >= 15 is 0 Å². The Labute approximate surface area is 160 Å². The normalized spacial score (nSPS) is 11.7. The van der Waals surface area contributed by atoms with Crippen molar-refractivity contribution in [3.63, 3.8) is 0 Å². The molecular formula is C19H29N5OS. The highest BCUT2D eigenvalue weighted by Gasteiger charge is 2.10. The number of rotatable bonds is 7. The van der Waals surface area contributed by atoms with Crippen molar-refractivity contribution < 1.29 is 4.74 Å². The third-order valence-corrected chi connectivity index (χ3v) is 4.92. The van der Waals surface area contributed by atoms with E-state index in [1.807, 2.05) is 20.0 Å². The van der Waals surface area contributed by atoms with E-state index in [-0.39, 0.29) is 0 Å². The van der Waals surface area contributed by atoms with Crippen LogP contribution in [-0.2, 0) is 13.1 Å². The number of hydrogen-bond donors (Lipinski definition) is 2. The fourth-order valence-electron chi connectivity index (χ4n) is 2.56. The summed E-state index contributed by atoms with van der Waals surface area (Å²) in [6.45, 7) is 12.3. The SMILES string of the molecule is CCNC(=NCc1ncc(C)c(OC)c1C)NCc1nc(C(C)C)cs1. The van der Waals surface area contributed by atoms with Crippen LogP contribution in [0.2, 0.25) is 0 Å². The van der Waals surface area contributed by atoms with Crippen molar-refractivity contribution in [1.82, 2.24) is 20.6 Å². The molecule has 0 atom stereocenters. The Bertz CT molecular complexity index is 754. The summed E-state index contributed by atoms with van der Waals surface area (Å²) in [5, 5.41) is 9.80. The van der Waals surface area contributed by atoms with Gasteiger partial charge in [-0.25, -0.2) is 9.98 Å². The summed E-state index contributed by atoms with van der Waals surface area (Å²) in [7, 11) is 1.69. The molecule has 0 bridgehead atoms. The van der Waals surface area contributed by atoms with Crippen molar-refractivity contribution in [3.05, 3.63) is 39.1 Å². The van der Waals surface area contributed by atoms with Crippen LogP contribution >= 0.6 is 11.3 Å². The molecule has 2 aromatic heterocycles. The number of methoxy groups -OCH3 is 1. The quantitative estimate of drug-likeness (QED) is 0.572. The molecular weight excluding hydrogens is 346 g/mol. The van der Waals surface area contributed by atoms with Gasteiger partial charge in [-0.15, -0.1) is 11.3 Å². The number of nitrogens with one attached hydrogen (secondary N) is 2. The number of aromatic nitrogens is 2. The van der Waals surface area contributed by atoms with Gasteiger partial charge in [-0.1, -0.05) is 13.8 Å². The third kappa shape index (κ3) is 5.17. The molecule has 0 saturated carbocycles. The molecule has 0 amide bonds. The molecule has 26 heavy (non-hydrogen) atoms. The van der Waals surface area contributed by atoms with Gasteiger partial charge in [-0.3, -0.25) is 4.98 Å². The fourth-order valence-corrected chi connectivity index (χ4v) is 3.45. The second-order valence-electron chi connectivity index (χ2n) is 6.42. The van der Waals surface area contributed by atoms with Gasteiger partial charge in [0.25, 0.3) is 0 Å². The summed E-state index contributed by atoms with van der Waals surface area (Å²) in [6.07, 6.45) is 1.83. The molecule has 0 aliphatic heterocycles. The Kier molecular flexibility index (Phi) is 7.38. The van der Waals surface area contributed by atoms with Crippen molar-refractivity contribution in [3.8, 4) is 5.75 Å². The molecule has 0 unspecified atom stereocenters. The van der Waals surface area contributed by atoms with Crippen LogP contribution in [-0.4, -0.2) is 29.6 Å². The monoisotopic (exact) mass is 375 g/mol. The van der Waals surface area contributed by atoms with E-state index in [2.05, 4.69) is 51.7 Å².